The lowest BCUT2D eigenvalue weighted by Crippen LogP contribution is -2.64. The number of alkyl halides is 3. The van der Waals surface area contributed by atoms with E-state index in [1.807, 2.05) is 5.10 Å². The van der Waals surface area contributed by atoms with E-state index in [2.05, 4.69) is 5.10 Å². The van der Waals surface area contributed by atoms with Crippen LogP contribution < -0.4 is 0 Å². The summed E-state index contributed by atoms with van der Waals surface area (Å²) in [6, 6.07) is 3.13. The zero-order valence-corrected chi connectivity index (χ0v) is 17.3. The predicted octanol–water partition coefficient (Wildman–Crippen LogP) is 1.74. The summed E-state index contributed by atoms with van der Waals surface area (Å²) in [6.45, 7) is 1.81. The van der Waals surface area contributed by atoms with Gasteiger partial charge in [-0.2, -0.15) is 22.6 Å². The lowest BCUT2D eigenvalue weighted by Gasteiger charge is -2.51. The van der Waals surface area contributed by atoms with Crippen molar-refractivity contribution in [2.24, 2.45) is 0 Å². The Morgan fingerprint density at radius 3 is 2.55 bits per heavy atom. The summed E-state index contributed by atoms with van der Waals surface area (Å²) in [6.07, 6.45) is -5.16. The number of aromatic amines is 1. The number of ether oxygens (including phenoxy) is 1. The molecule has 0 radical (unpaired) electrons. The first-order valence-electron chi connectivity index (χ1n) is 9.63. The number of H-pyrrole nitrogens is 1. The third-order valence-corrected chi connectivity index (χ3v) is 7.74. The number of nitrogens with one attached hydrogen (secondary N) is 1. The van der Waals surface area contributed by atoms with Gasteiger partial charge in [0.2, 0.25) is 5.09 Å². The maximum atomic E-state index is 12.9. The summed E-state index contributed by atoms with van der Waals surface area (Å²) >= 11 is 0. The second kappa shape index (κ2) is 7.30. The van der Waals surface area contributed by atoms with E-state index in [4.69, 9.17) is 9.15 Å². The first-order chi connectivity index (χ1) is 14.4. The van der Waals surface area contributed by atoms with E-state index < -0.39 is 44.3 Å². The molecule has 2 fully saturated rings. The van der Waals surface area contributed by atoms with Gasteiger partial charge in [0.25, 0.3) is 10.0 Å². The van der Waals surface area contributed by atoms with Gasteiger partial charge in [-0.05, 0) is 38.0 Å². The average molecular weight is 465 g/mol. The van der Waals surface area contributed by atoms with E-state index in [0.29, 0.717) is 0 Å². The van der Waals surface area contributed by atoms with E-state index in [-0.39, 0.29) is 50.4 Å². The molecule has 2 aliphatic rings. The molecule has 13 heteroatoms. The molecular formula is C18H22F3N3O6S. The summed E-state index contributed by atoms with van der Waals surface area (Å²) in [7, 11) is -4.07. The van der Waals surface area contributed by atoms with Crippen molar-refractivity contribution < 1.29 is 41.0 Å². The molecule has 3 N–H and O–H groups in total. The Kier molecular flexibility index (Phi) is 5.25. The van der Waals surface area contributed by atoms with Crippen molar-refractivity contribution in [3.05, 3.63) is 23.9 Å². The van der Waals surface area contributed by atoms with Gasteiger partial charge in [-0.15, -0.1) is 0 Å². The first kappa shape index (κ1) is 22.3. The van der Waals surface area contributed by atoms with Crippen LogP contribution in [0.2, 0.25) is 0 Å². The van der Waals surface area contributed by atoms with E-state index in [0.717, 1.165) is 16.4 Å². The summed E-state index contributed by atoms with van der Waals surface area (Å²) in [5.41, 5.74) is -3.61. The highest BCUT2D eigenvalue weighted by molar-refractivity contribution is 7.89. The van der Waals surface area contributed by atoms with E-state index in [1.54, 1.807) is 0 Å². The molecule has 2 aromatic heterocycles. The third-order valence-electron chi connectivity index (χ3n) is 5.97. The quantitative estimate of drug-likeness (QED) is 0.630. The first-order valence-corrected chi connectivity index (χ1v) is 11.1. The molecule has 0 saturated carbocycles. The van der Waals surface area contributed by atoms with Crippen LogP contribution in [0, 0.1) is 0 Å². The van der Waals surface area contributed by atoms with Crippen molar-refractivity contribution in [1.82, 2.24) is 14.5 Å². The number of furan rings is 1. The number of rotatable bonds is 3. The minimum Gasteiger partial charge on any atom is -0.442 e. The average Bonchev–Trinajstić information content (AvgIpc) is 3.36. The molecule has 31 heavy (non-hydrogen) atoms. The fourth-order valence-corrected chi connectivity index (χ4v) is 5.44. The number of halogens is 3. The van der Waals surface area contributed by atoms with Gasteiger partial charge in [0.15, 0.2) is 5.76 Å². The number of aromatic nitrogens is 2. The highest BCUT2D eigenvalue weighted by Gasteiger charge is 2.53. The lowest BCUT2D eigenvalue weighted by molar-refractivity contribution is -0.243. The molecule has 0 aromatic carbocycles. The van der Waals surface area contributed by atoms with Gasteiger partial charge >= 0.3 is 6.18 Å². The Morgan fingerprint density at radius 1 is 1.26 bits per heavy atom. The molecule has 0 aliphatic carbocycles. The molecule has 0 bridgehead atoms. The van der Waals surface area contributed by atoms with E-state index in [1.165, 1.54) is 13.0 Å². The van der Waals surface area contributed by atoms with Crippen molar-refractivity contribution in [3.63, 3.8) is 0 Å². The number of piperidine rings is 1. The SMILES string of the molecule is C[C@@]1(O)CCOC2(CCN(S(=O)(=O)c3ccc(-c4cc(C(F)(F)F)[nH]n4)o3)CC2)[C@H]1O. The molecule has 0 unspecified atom stereocenters. The molecule has 0 amide bonds. The van der Waals surface area contributed by atoms with Gasteiger partial charge < -0.3 is 19.4 Å². The van der Waals surface area contributed by atoms with Crippen LogP contribution in [-0.4, -0.2) is 70.1 Å². The van der Waals surface area contributed by atoms with Crippen molar-refractivity contribution in [1.29, 1.82) is 0 Å². The smallest absolute Gasteiger partial charge is 0.432 e. The Hall–Kier alpha value is -1.93. The van der Waals surface area contributed by atoms with Crippen LogP contribution in [0.4, 0.5) is 13.2 Å². The Balaban J connectivity index is 1.50. The minimum atomic E-state index is -4.62. The largest absolute Gasteiger partial charge is 0.442 e. The maximum Gasteiger partial charge on any atom is 0.432 e. The predicted molar refractivity (Wildman–Crippen MR) is 99.2 cm³/mol. The Morgan fingerprint density at radius 2 is 1.94 bits per heavy atom. The normalized spacial score (nSPS) is 27.6. The van der Waals surface area contributed by atoms with Crippen LogP contribution in [-0.2, 0) is 20.9 Å². The summed E-state index contributed by atoms with van der Waals surface area (Å²) < 4.78 is 76.3. The second-order valence-electron chi connectivity index (χ2n) is 8.11. The van der Waals surface area contributed by atoms with Crippen LogP contribution >= 0.6 is 0 Å². The zero-order valence-electron chi connectivity index (χ0n) is 16.5. The topological polar surface area (TPSA) is 129 Å². The molecule has 2 atom stereocenters. The Labute approximate surface area is 175 Å². The van der Waals surface area contributed by atoms with Crippen LogP contribution in [0.25, 0.3) is 11.5 Å². The van der Waals surface area contributed by atoms with Crippen molar-refractivity contribution in [2.45, 2.75) is 54.8 Å². The van der Waals surface area contributed by atoms with Crippen molar-refractivity contribution in [2.75, 3.05) is 19.7 Å². The molecule has 2 saturated heterocycles. The maximum absolute atomic E-state index is 12.9. The number of hydrogen-bond donors (Lipinski definition) is 3. The molecule has 4 rings (SSSR count). The van der Waals surface area contributed by atoms with Crippen LogP contribution in [0.3, 0.4) is 0 Å². The van der Waals surface area contributed by atoms with Crippen molar-refractivity contribution in [3.8, 4) is 11.5 Å². The fourth-order valence-electron chi connectivity index (χ4n) is 4.08. The number of nitrogens with zero attached hydrogens (tertiary/aromatic N) is 2. The highest BCUT2D eigenvalue weighted by Crippen LogP contribution is 2.41. The Bertz CT molecular complexity index is 1050. The standard InChI is InChI=1S/C18H22F3N3O6S/c1-16(26)6-9-29-17(15(16)25)4-7-24(8-5-17)31(27,28)14-3-2-12(30-14)11-10-13(23-22-11)18(19,20)21/h2-3,10,15,25-26H,4-9H2,1H3,(H,22,23)/t15-,16+/m0/s1. The zero-order chi connectivity index (χ0) is 22.7. The minimum absolute atomic E-state index is 0.0200. The number of aliphatic hydroxyl groups is 2. The van der Waals surface area contributed by atoms with Crippen LogP contribution in [0.15, 0.2) is 27.7 Å². The van der Waals surface area contributed by atoms with Crippen molar-refractivity contribution >= 4 is 10.0 Å². The second-order valence-corrected chi connectivity index (χ2v) is 9.98. The molecule has 1 spiro atoms. The monoisotopic (exact) mass is 465 g/mol. The molecular weight excluding hydrogens is 443 g/mol. The highest BCUT2D eigenvalue weighted by atomic mass is 32.2. The molecule has 2 aliphatic heterocycles. The molecule has 2 aromatic rings. The third kappa shape index (κ3) is 3.89. The number of sulfonamides is 1. The van der Waals surface area contributed by atoms with Gasteiger partial charge in [0.05, 0.1) is 17.8 Å². The van der Waals surface area contributed by atoms with Gasteiger partial charge in [0.1, 0.15) is 17.5 Å². The number of hydrogen-bond acceptors (Lipinski definition) is 7. The molecule has 172 valence electrons. The summed E-state index contributed by atoms with van der Waals surface area (Å²) in [5.74, 6) is -0.124. The summed E-state index contributed by atoms with van der Waals surface area (Å²) in [5, 5.41) is 25.9. The number of aliphatic hydroxyl groups excluding tert-OH is 1. The van der Waals surface area contributed by atoms with Gasteiger partial charge in [-0.3, -0.25) is 5.10 Å². The van der Waals surface area contributed by atoms with Gasteiger partial charge in [-0.1, -0.05) is 0 Å². The van der Waals surface area contributed by atoms with Gasteiger partial charge in [0, 0.05) is 19.5 Å². The molecule has 4 heterocycles. The van der Waals surface area contributed by atoms with Gasteiger partial charge in [-0.25, -0.2) is 8.42 Å². The molecule has 9 nitrogen and oxygen atoms in total. The van der Waals surface area contributed by atoms with E-state index in [9.17, 15) is 31.8 Å². The lowest BCUT2D eigenvalue weighted by atomic mass is 9.75. The van der Waals surface area contributed by atoms with Crippen LogP contribution in [0.5, 0.6) is 0 Å². The summed E-state index contributed by atoms with van der Waals surface area (Å²) in [4.78, 5) is 0. The fraction of sp³-hybridized carbons (Fsp3) is 0.611. The van der Waals surface area contributed by atoms with E-state index >= 15 is 0 Å². The van der Waals surface area contributed by atoms with Crippen LogP contribution in [0.1, 0.15) is 31.9 Å².